The molecule has 3 heterocycles. The first kappa shape index (κ1) is 16.4. The molecular formula is C23H21N3. The molecule has 0 amide bonds. The monoisotopic (exact) mass is 339 g/mol. The Kier molecular flexibility index (Phi) is 4.44. The summed E-state index contributed by atoms with van der Waals surface area (Å²) < 4.78 is 0. The first-order chi connectivity index (χ1) is 12.7. The van der Waals surface area contributed by atoms with Crippen molar-refractivity contribution in [3.63, 3.8) is 0 Å². The quantitative estimate of drug-likeness (QED) is 0.519. The van der Waals surface area contributed by atoms with Gasteiger partial charge in [0, 0.05) is 24.0 Å². The van der Waals surface area contributed by atoms with Crippen molar-refractivity contribution in [2.75, 3.05) is 0 Å². The van der Waals surface area contributed by atoms with Crippen LogP contribution in [0.15, 0.2) is 67.1 Å². The number of fused-ring (bicyclic) bond motifs is 1. The molecule has 4 rings (SSSR count). The molecule has 0 aliphatic carbocycles. The Morgan fingerprint density at radius 3 is 2.58 bits per heavy atom. The summed E-state index contributed by atoms with van der Waals surface area (Å²) in [4.78, 5) is 13.6. The van der Waals surface area contributed by atoms with E-state index in [1.807, 2.05) is 24.7 Å². The Morgan fingerprint density at radius 2 is 1.77 bits per heavy atom. The van der Waals surface area contributed by atoms with Gasteiger partial charge in [-0.15, -0.1) is 0 Å². The molecule has 3 aromatic heterocycles. The van der Waals surface area contributed by atoms with Gasteiger partial charge in [-0.3, -0.25) is 9.97 Å². The lowest BCUT2D eigenvalue weighted by molar-refractivity contribution is 0.930. The molecule has 3 nitrogen and oxygen atoms in total. The van der Waals surface area contributed by atoms with Crippen molar-refractivity contribution in [3.8, 4) is 11.4 Å². The number of aryl methyl sites for hydroxylation is 4. The van der Waals surface area contributed by atoms with Crippen molar-refractivity contribution in [3.05, 3.63) is 89.4 Å². The second kappa shape index (κ2) is 7.04. The minimum absolute atomic E-state index is 0.920. The summed E-state index contributed by atoms with van der Waals surface area (Å²) in [6.07, 6.45) is 7.67. The van der Waals surface area contributed by atoms with E-state index in [9.17, 15) is 0 Å². The van der Waals surface area contributed by atoms with Gasteiger partial charge >= 0.3 is 0 Å². The molecule has 26 heavy (non-hydrogen) atoms. The zero-order chi connectivity index (χ0) is 17.9. The molecule has 1 aromatic carbocycles. The first-order valence-electron chi connectivity index (χ1n) is 8.91. The fourth-order valence-corrected chi connectivity index (χ4v) is 3.20. The number of nitrogens with zero attached hydrogens (tertiary/aromatic N) is 3. The summed E-state index contributed by atoms with van der Waals surface area (Å²) >= 11 is 0. The minimum atomic E-state index is 0.920. The Balaban J connectivity index is 1.58. The average molecular weight is 339 g/mol. The third kappa shape index (κ3) is 3.47. The summed E-state index contributed by atoms with van der Waals surface area (Å²) in [5.41, 5.74) is 7.88. The van der Waals surface area contributed by atoms with Crippen LogP contribution >= 0.6 is 0 Å². The van der Waals surface area contributed by atoms with Crippen molar-refractivity contribution in [2.45, 2.75) is 26.7 Å². The average Bonchev–Trinajstić information content (AvgIpc) is 2.67. The molecule has 128 valence electrons. The topological polar surface area (TPSA) is 38.7 Å². The van der Waals surface area contributed by atoms with Crippen molar-refractivity contribution >= 4 is 10.9 Å². The highest BCUT2D eigenvalue weighted by molar-refractivity contribution is 5.81. The zero-order valence-electron chi connectivity index (χ0n) is 15.1. The number of benzene rings is 1. The largest absolute Gasteiger partial charge is 0.264 e. The van der Waals surface area contributed by atoms with Crippen LogP contribution in [0.4, 0.5) is 0 Å². The molecule has 0 fully saturated rings. The SMILES string of the molecule is Cc1ccc2nc(-c3cc(C)c(CCc4cccnc4)cn3)ccc2c1. The lowest BCUT2D eigenvalue weighted by Gasteiger charge is -2.09. The second-order valence-electron chi connectivity index (χ2n) is 6.75. The maximum atomic E-state index is 4.78. The summed E-state index contributed by atoms with van der Waals surface area (Å²) in [6.45, 7) is 4.25. The predicted molar refractivity (Wildman–Crippen MR) is 106 cm³/mol. The van der Waals surface area contributed by atoms with Gasteiger partial charge in [0.15, 0.2) is 0 Å². The maximum absolute atomic E-state index is 4.78. The van der Waals surface area contributed by atoms with Crippen LogP contribution in [0.2, 0.25) is 0 Å². The second-order valence-corrected chi connectivity index (χ2v) is 6.75. The number of hydrogen-bond donors (Lipinski definition) is 0. The molecule has 0 saturated heterocycles. The van der Waals surface area contributed by atoms with E-state index >= 15 is 0 Å². The van der Waals surface area contributed by atoms with E-state index in [1.54, 1.807) is 0 Å². The van der Waals surface area contributed by atoms with Crippen LogP contribution in [0.5, 0.6) is 0 Å². The van der Waals surface area contributed by atoms with Crippen molar-refractivity contribution in [1.29, 1.82) is 0 Å². The van der Waals surface area contributed by atoms with Crippen molar-refractivity contribution < 1.29 is 0 Å². The molecule has 0 atom stereocenters. The zero-order valence-corrected chi connectivity index (χ0v) is 15.1. The Bertz CT molecular complexity index is 1060. The Morgan fingerprint density at radius 1 is 0.846 bits per heavy atom. The predicted octanol–water partition coefficient (Wildman–Crippen LogP) is 5.09. The smallest absolute Gasteiger partial charge is 0.0893 e. The number of rotatable bonds is 4. The number of pyridine rings is 3. The molecule has 4 aromatic rings. The van der Waals surface area contributed by atoms with E-state index in [4.69, 9.17) is 4.98 Å². The van der Waals surface area contributed by atoms with Crippen LogP contribution in [0.25, 0.3) is 22.3 Å². The van der Waals surface area contributed by atoms with Crippen LogP contribution < -0.4 is 0 Å². The van der Waals surface area contributed by atoms with Gasteiger partial charge in [0.1, 0.15) is 0 Å². The van der Waals surface area contributed by atoms with Gasteiger partial charge in [-0.25, -0.2) is 4.98 Å². The molecule has 0 bridgehead atoms. The highest BCUT2D eigenvalue weighted by Crippen LogP contribution is 2.22. The first-order valence-corrected chi connectivity index (χ1v) is 8.91. The highest BCUT2D eigenvalue weighted by atomic mass is 14.8. The molecule has 0 aliphatic heterocycles. The van der Waals surface area contributed by atoms with Crippen molar-refractivity contribution in [1.82, 2.24) is 15.0 Å². The summed E-state index contributed by atoms with van der Waals surface area (Å²) in [5, 5.41) is 1.17. The van der Waals surface area contributed by atoms with Crippen LogP contribution in [-0.2, 0) is 12.8 Å². The molecule has 0 saturated carbocycles. The Hall–Kier alpha value is -3.07. The molecule has 0 aliphatic rings. The standard InChI is InChI=1S/C23H21N3/c1-16-5-9-21-19(12-16)8-10-22(26-21)23-13-17(2)20(15-25-23)7-6-18-4-3-11-24-14-18/h3-5,8-15H,6-7H2,1-2H3. The van der Waals surface area contributed by atoms with E-state index in [0.717, 1.165) is 29.7 Å². The van der Waals surface area contributed by atoms with Crippen LogP contribution in [-0.4, -0.2) is 15.0 Å². The molecular weight excluding hydrogens is 318 g/mol. The number of aromatic nitrogens is 3. The highest BCUT2D eigenvalue weighted by Gasteiger charge is 2.07. The minimum Gasteiger partial charge on any atom is -0.264 e. The molecule has 0 N–H and O–H groups in total. The fourth-order valence-electron chi connectivity index (χ4n) is 3.20. The molecule has 0 unspecified atom stereocenters. The third-order valence-corrected chi connectivity index (χ3v) is 4.73. The van der Waals surface area contributed by atoms with Gasteiger partial charge in [0.25, 0.3) is 0 Å². The van der Waals surface area contributed by atoms with Gasteiger partial charge in [-0.2, -0.15) is 0 Å². The molecule has 0 radical (unpaired) electrons. The lowest BCUT2D eigenvalue weighted by Crippen LogP contribution is -1.98. The number of hydrogen-bond acceptors (Lipinski definition) is 3. The normalized spacial score (nSPS) is 11.0. The van der Waals surface area contributed by atoms with Crippen LogP contribution in [0, 0.1) is 13.8 Å². The Labute approximate surface area is 153 Å². The van der Waals surface area contributed by atoms with Gasteiger partial charge in [0.05, 0.1) is 16.9 Å². The van der Waals surface area contributed by atoms with Gasteiger partial charge in [-0.05, 0) is 73.7 Å². The molecule has 3 heteroatoms. The van der Waals surface area contributed by atoms with E-state index in [0.29, 0.717) is 0 Å². The van der Waals surface area contributed by atoms with E-state index < -0.39 is 0 Å². The molecule has 0 spiro atoms. The van der Waals surface area contributed by atoms with E-state index in [-0.39, 0.29) is 0 Å². The van der Waals surface area contributed by atoms with Crippen LogP contribution in [0.3, 0.4) is 0 Å². The van der Waals surface area contributed by atoms with Gasteiger partial charge < -0.3 is 0 Å². The third-order valence-electron chi connectivity index (χ3n) is 4.73. The van der Waals surface area contributed by atoms with E-state index in [1.165, 1.54) is 27.6 Å². The summed E-state index contributed by atoms with van der Waals surface area (Å²) in [6, 6.07) is 16.7. The van der Waals surface area contributed by atoms with Gasteiger partial charge in [-0.1, -0.05) is 23.8 Å². The van der Waals surface area contributed by atoms with Crippen LogP contribution in [0.1, 0.15) is 22.3 Å². The van der Waals surface area contributed by atoms with E-state index in [2.05, 4.69) is 66.3 Å². The maximum Gasteiger partial charge on any atom is 0.0893 e. The van der Waals surface area contributed by atoms with Gasteiger partial charge in [0.2, 0.25) is 0 Å². The fraction of sp³-hybridized carbons (Fsp3) is 0.174. The van der Waals surface area contributed by atoms with Crippen molar-refractivity contribution in [2.24, 2.45) is 0 Å². The summed E-state index contributed by atoms with van der Waals surface area (Å²) in [5.74, 6) is 0. The lowest BCUT2D eigenvalue weighted by atomic mass is 10.0. The summed E-state index contributed by atoms with van der Waals surface area (Å²) in [7, 11) is 0.